The van der Waals surface area contributed by atoms with Crippen LogP contribution in [0.3, 0.4) is 0 Å². The number of fused-ring (bicyclic) bond motifs is 3. The monoisotopic (exact) mass is 437 g/mol. The Morgan fingerprint density at radius 1 is 0.867 bits per heavy atom. The number of hydrogen-bond acceptors (Lipinski definition) is 2. The van der Waals surface area contributed by atoms with Crippen LogP contribution in [0, 0.1) is 0 Å². The van der Waals surface area contributed by atoms with Crippen molar-refractivity contribution in [2.24, 2.45) is 4.99 Å². The molecule has 4 rings (SSSR count). The highest BCUT2D eigenvalue weighted by atomic mass is 35.5. The second-order valence-electron chi connectivity index (χ2n) is 7.18. The van der Waals surface area contributed by atoms with Gasteiger partial charge in [-0.25, -0.2) is 0 Å². The van der Waals surface area contributed by atoms with E-state index in [4.69, 9.17) is 28.2 Å². The van der Waals surface area contributed by atoms with E-state index in [0.29, 0.717) is 11.8 Å². The van der Waals surface area contributed by atoms with Crippen LogP contribution in [0.1, 0.15) is 12.5 Å². The number of halogens is 2. The van der Waals surface area contributed by atoms with Crippen LogP contribution in [0.15, 0.2) is 71.7 Å². The van der Waals surface area contributed by atoms with Crippen LogP contribution in [0.5, 0.6) is 0 Å². The van der Waals surface area contributed by atoms with Crippen molar-refractivity contribution in [1.82, 2.24) is 4.57 Å². The van der Waals surface area contributed by atoms with Crippen molar-refractivity contribution < 1.29 is 0 Å². The molecule has 0 saturated carbocycles. The number of nitrogens with zero attached hydrogens (tertiary/aromatic N) is 3. The van der Waals surface area contributed by atoms with Crippen LogP contribution in [0.4, 0.5) is 11.4 Å². The fraction of sp³-hybridized carbons (Fsp3) is 0.240. The van der Waals surface area contributed by atoms with Crippen molar-refractivity contribution >= 4 is 62.6 Å². The van der Waals surface area contributed by atoms with Crippen LogP contribution in [-0.4, -0.2) is 35.6 Å². The second kappa shape index (κ2) is 9.55. The molecule has 0 saturated heterocycles. The van der Waals surface area contributed by atoms with Gasteiger partial charge < -0.3 is 9.47 Å². The van der Waals surface area contributed by atoms with E-state index in [2.05, 4.69) is 83.1 Å². The number of aromatic nitrogens is 1. The lowest BCUT2D eigenvalue weighted by atomic mass is 10.1. The molecule has 0 aliphatic carbocycles. The summed E-state index contributed by atoms with van der Waals surface area (Å²) in [5, 5.41) is 2.52. The Morgan fingerprint density at radius 3 is 2.27 bits per heavy atom. The first kappa shape index (κ1) is 20.8. The standard InChI is InChI=1S/C25H25Cl2N3/c1-2-30-24-6-4-3-5-22(24)23-17-20(9-12-25(23)30)28-18-19-7-10-21(11-8-19)29(15-13-26)16-14-27/h3-12,17-18H,2,13-16H2,1H3. The molecule has 0 bridgehead atoms. The van der Waals surface area contributed by atoms with Crippen molar-refractivity contribution in [3.63, 3.8) is 0 Å². The predicted octanol–water partition coefficient (Wildman–Crippen LogP) is 6.85. The van der Waals surface area contributed by atoms with E-state index in [1.54, 1.807) is 0 Å². The van der Waals surface area contributed by atoms with E-state index in [9.17, 15) is 0 Å². The van der Waals surface area contributed by atoms with Crippen LogP contribution in [-0.2, 0) is 6.54 Å². The zero-order valence-electron chi connectivity index (χ0n) is 17.1. The van der Waals surface area contributed by atoms with Gasteiger partial charge in [-0.15, -0.1) is 23.2 Å². The molecule has 0 aliphatic heterocycles. The van der Waals surface area contributed by atoms with E-state index in [0.717, 1.165) is 36.6 Å². The Balaban J connectivity index is 1.60. The number of rotatable bonds is 8. The van der Waals surface area contributed by atoms with E-state index >= 15 is 0 Å². The SMILES string of the molecule is CCn1c2ccccc2c2cc(N=Cc3ccc(N(CCCl)CCCl)cc3)ccc21. The smallest absolute Gasteiger partial charge is 0.0637 e. The van der Waals surface area contributed by atoms with E-state index in [1.807, 2.05) is 6.21 Å². The predicted molar refractivity (Wildman–Crippen MR) is 132 cm³/mol. The first-order valence-corrected chi connectivity index (χ1v) is 11.3. The molecule has 1 aromatic heterocycles. The molecule has 3 nitrogen and oxygen atoms in total. The van der Waals surface area contributed by atoms with Crippen molar-refractivity contribution in [2.75, 3.05) is 29.7 Å². The Bertz CT molecular complexity index is 1160. The van der Waals surface area contributed by atoms with E-state index in [1.165, 1.54) is 21.8 Å². The fourth-order valence-corrected chi connectivity index (χ4v) is 4.37. The van der Waals surface area contributed by atoms with Gasteiger partial charge in [0, 0.05) is 65.1 Å². The third kappa shape index (κ3) is 4.19. The summed E-state index contributed by atoms with van der Waals surface area (Å²) in [6, 6.07) is 23.3. The maximum Gasteiger partial charge on any atom is 0.0637 e. The summed E-state index contributed by atoms with van der Waals surface area (Å²) in [7, 11) is 0. The maximum absolute atomic E-state index is 5.91. The summed E-state index contributed by atoms with van der Waals surface area (Å²) in [5.74, 6) is 1.16. The number of benzene rings is 3. The topological polar surface area (TPSA) is 20.5 Å². The van der Waals surface area contributed by atoms with Crippen LogP contribution in [0.2, 0.25) is 0 Å². The van der Waals surface area contributed by atoms with Gasteiger partial charge >= 0.3 is 0 Å². The molecule has 4 aromatic rings. The van der Waals surface area contributed by atoms with Gasteiger partial charge in [0.2, 0.25) is 0 Å². The first-order chi connectivity index (χ1) is 14.7. The lowest BCUT2D eigenvalue weighted by molar-refractivity contribution is 0.827. The Morgan fingerprint density at radius 2 is 1.57 bits per heavy atom. The molecule has 30 heavy (non-hydrogen) atoms. The molecule has 0 spiro atoms. The first-order valence-electron chi connectivity index (χ1n) is 10.3. The molecule has 0 N–H and O–H groups in total. The number of hydrogen-bond donors (Lipinski definition) is 0. The summed E-state index contributed by atoms with van der Waals surface area (Å²) in [6.45, 7) is 4.70. The van der Waals surface area contributed by atoms with Gasteiger partial charge in [-0.05, 0) is 48.9 Å². The average molecular weight is 438 g/mol. The normalized spacial score (nSPS) is 11.7. The zero-order chi connectivity index (χ0) is 20.9. The Hall–Kier alpha value is -2.49. The Labute approximate surface area is 187 Å². The molecule has 0 unspecified atom stereocenters. The van der Waals surface area contributed by atoms with Crippen molar-refractivity contribution in [2.45, 2.75) is 13.5 Å². The molecule has 0 fully saturated rings. The van der Waals surface area contributed by atoms with Crippen LogP contribution < -0.4 is 4.90 Å². The largest absolute Gasteiger partial charge is 0.369 e. The second-order valence-corrected chi connectivity index (χ2v) is 7.93. The van der Waals surface area contributed by atoms with Crippen molar-refractivity contribution in [3.8, 4) is 0 Å². The molecule has 154 valence electrons. The average Bonchev–Trinajstić information content (AvgIpc) is 3.11. The maximum atomic E-state index is 5.91. The van der Waals surface area contributed by atoms with E-state index < -0.39 is 0 Å². The number of aliphatic imine (C=N–C) groups is 1. The number of anilines is 1. The fourth-order valence-electron chi connectivity index (χ4n) is 3.96. The summed E-state index contributed by atoms with van der Waals surface area (Å²) in [5.41, 5.74) is 5.66. The van der Waals surface area contributed by atoms with Crippen LogP contribution in [0.25, 0.3) is 21.8 Å². The molecule has 1 heterocycles. The lowest BCUT2D eigenvalue weighted by Gasteiger charge is -2.22. The zero-order valence-corrected chi connectivity index (χ0v) is 18.6. The molecule has 5 heteroatoms. The van der Waals surface area contributed by atoms with Gasteiger partial charge in [-0.1, -0.05) is 30.3 Å². The molecule has 0 amide bonds. The van der Waals surface area contributed by atoms with Crippen molar-refractivity contribution in [3.05, 3.63) is 72.3 Å². The van der Waals surface area contributed by atoms with Gasteiger partial charge in [0.1, 0.15) is 0 Å². The molecular formula is C25H25Cl2N3. The number of alkyl halides is 2. The third-order valence-electron chi connectivity index (χ3n) is 5.40. The highest BCUT2D eigenvalue weighted by molar-refractivity contribution is 6.18. The minimum atomic E-state index is 0.580. The van der Waals surface area contributed by atoms with E-state index in [-0.39, 0.29) is 0 Å². The third-order valence-corrected chi connectivity index (χ3v) is 5.74. The summed E-state index contributed by atoms with van der Waals surface area (Å²) < 4.78 is 2.35. The summed E-state index contributed by atoms with van der Waals surface area (Å²) in [6.07, 6.45) is 1.91. The summed E-state index contributed by atoms with van der Waals surface area (Å²) in [4.78, 5) is 6.92. The van der Waals surface area contributed by atoms with Gasteiger partial charge in [-0.3, -0.25) is 4.99 Å². The minimum Gasteiger partial charge on any atom is -0.369 e. The molecular weight excluding hydrogens is 413 g/mol. The summed E-state index contributed by atoms with van der Waals surface area (Å²) >= 11 is 11.8. The molecule has 0 radical (unpaired) electrons. The van der Waals surface area contributed by atoms with Crippen LogP contribution >= 0.6 is 23.2 Å². The molecule has 0 aliphatic rings. The molecule has 0 atom stereocenters. The quantitative estimate of drug-likeness (QED) is 0.218. The number of aryl methyl sites for hydroxylation is 1. The highest BCUT2D eigenvalue weighted by Crippen LogP contribution is 2.31. The molecule has 3 aromatic carbocycles. The highest BCUT2D eigenvalue weighted by Gasteiger charge is 2.09. The minimum absolute atomic E-state index is 0.580. The number of para-hydroxylation sites is 1. The lowest BCUT2D eigenvalue weighted by Crippen LogP contribution is -2.27. The van der Waals surface area contributed by atoms with Gasteiger partial charge in [-0.2, -0.15) is 0 Å². The Kier molecular flexibility index (Phi) is 6.61. The van der Waals surface area contributed by atoms with Gasteiger partial charge in [0.05, 0.1) is 5.69 Å². The van der Waals surface area contributed by atoms with Crippen molar-refractivity contribution in [1.29, 1.82) is 0 Å². The van der Waals surface area contributed by atoms with Gasteiger partial charge in [0.25, 0.3) is 0 Å². The van der Waals surface area contributed by atoms with Gasteiger partial charge in [0.15, 0.2) is 0 Å².